The summed E-state index contributed by atoms with van der Waals surface area (Å²) in [6.07, 6.45) is -3.72. The van der Waals surface area contributed by atoms with Crippen LogP contribution in [0.1, 0.15) is 11.1 Å². The molecule has 2 rings (SSSR count). The lowest BCUT2D eigenvalue weighted by Crippen LogP contribution is -2.27. The Labute approximate surface area is 134 Å². The number of hydrogen-bond acceptors (Lipinski definition) is 3. The molecule has 2 aromatic rings. The third kappa shape index (κ3) is 4.20. The fraction of sp³-hybridized carbons (Fsp3) is 0.0588. The molecule has 0 aliphatic carbocycles. The summed E-state index contributed by atoms with van der Waals surface area (Å²) in [7, 11) is 0. The summed E-state index contributed by atoms with van der Waals surface area (Å²) in [4.78, 5) is 10.7. The van der Waals surface area contributed by atoms with E-state index >= 15 is 0 Å². The van der Waals surface area contributed by atoms with Gasteiger partial charge in [-0.1, -0.05) is 30.3 Å². The van der Waals surface area contributed by atoms with Crippen LogP contribution in [0.3, 0.4) is 0 Å². The Balaban J connectivity index is 2.23. The van der Waals surface area contributed by atoms with Crippen LogP contribution in [0.4, 0.5) is 17.6 Å². The first-order valence-electron chi connectivity index (χ1n) is 6.57. The topological polar surface area (TPSA) is 50.1 Å². The van der Waals surface area contributed by atoms with Crippen molar-refractivity contribution in [1.29, 1.82) is 5.26 Å². The SMILES string of the molecule is N#C/C(=C/c1ccc(OC(=O)C(F)(F)F)cc1)c1ccccc1F. The first kappa shape index (κ1) is 17.2. The monoisotopic (exact) mass is 335 g/mol. The normalized spacial score (nSPS) is 11.7. The second-order valence-corrected chi connectivity index (χ2v) is 4.61. The van der Waals surface area contributed by atoms with Crippen molar-refractivity contribution in [2.45, 2.75) is 6.18 Å². The second kappa shape index (κ2) is 6.96. The first-order chi connectivity index (χ1) is 11.3. The van der Waals surface area contributed by atoms with Crippen LogP contribution in [-0.2, 0) is 4.79 Å². The summed E-state index contributed by atoms with van der Waals surface area (Å²) in [6, 6.07) is 12.5. The summed E-state index contributed by atoms with van der Waals surface area (Å²) in [5, 5.41) is 9.15. The predicted octanol–water partition coefficient (Wildman–Crippen LogP) is 4.36. The molecule has 0 unspecified atom stereocenters. The van der Waals surface area contributed by atoms with Crippen LogP contribution in [0, 0.1) is 17.1 Å². The number of benzene rings is 2. The third-order valence-electron chi connectivity index (χ3n) is 2.92. The van der Waals surface area contributed by atoms with E-state index in [1.807, 2.05) is 6.07 Å². The Morgan fingerprint density at radius 2 is 1.71 bits per heavy atom. The molecular formula is C17H9F4NO2. The molecule has 0 atom stereocenters. The number of hydrogen-bond donors (Lipinski definition) is 0. The minimum atomic E-state index is -5.09. The van der Waals surface area contributed by atoms with Crippen LogP contribution in [-0.4, -0.2) is 12.1 Å². The molecular weight excluding hydrogens is 326 g/mol. The first-order valence-corrected chi connectivity index (χ1v) is 6.57. The Hall–Kier alpha value is -3.14. The number of halogens is 4. The van der Waals surface area contributed by atoms with Crippen molar-refractivity contribution < 1.29 is 27.1 Å². The van der Waals surface area contributed by atoms with Crippen LogP contribution in [0.2, 0.25) is 0 Å². The van der Waals surface area contributed by atoms with E-state index < -0.39 is 18.0 Å². The molecule has 122 valence electrons. The summed E-state index contributed by atoms with van der Waals surface area (Å²) < 4.78 is 54.2. The molecule has 0 saturated carbocycles. The molecule has 0 aromatic heterocycles. The van der Waals surface area contributed by atoms with Crippen molar-refractivity contribution in [2.24, 2.45) is 0 Å². The predicted molar refractivity (Wildman–Crippen MR) is 78.0 cm³/mol. The lowest BCUT2D eigenvalue weighted by molar-refractivity contribution is -0.189. The quantitative estimate of drug-likeness (QED) is 0.275. The molecule has 0 bridgehead atoms. The minimum Gasteiger partial charge on any atom is -0.420 e. The molecule has 0 N–H and O–H groups in total. The van der Waals surface area contributed by atoms with Gasteiger partial charge < -0.3 is 4.74 Å². The van der Waals surface area contributed by atoms with Gasteiger partial charge in [0.1, 0.15) is 11.6 Å². The van der Waals surface area contributed by atoms with Crippen molar-refractivity contribution in [3.05, 3.63) is 65.5 Å². The standard InChI is InChI=1S/C17H9F4NO2/c18-15-4-2-1-3-14(15)12(10-22)9-11-5-7-13(8-6-11)24-16(23)17(19,20)21/h1-9H/b12-9-. The molecule has 0 fully saturated rings. The highest BCUT2D eigenvalue weighted by molar-refractivity contribution is 5.89. The lowest BCUT2D eigenvalue weighted by Gasteiger charge is -2.07. The molecule has 0 heterocycles. The van der Waals surface area contributed by atoms with Crippen molar-refractivity contribution in [3.63, 3.8) is 0 Å². The zero-order valence-corrected chi connectivity index (χ0v) is 12.0. The molecule has 0 aliphatic rings. The lowest BCUT2D eigenvalue weighted by atomic mass is 10.0. The van der Waals surface area contributed by atoms with Gasteiger partial charge in [-0.2, -0.15) is 18.4 Å². The molecule has 7 heteroatoms. The molecule has 0 spiro atoms. The van der Waals surface area contributed by atoms with E-state index in [1.165, 1.54) is 36.4 Å². The molecule has 2 aromatic carbocycles. The fourth-order valence-corrected chi connectivity index (χ4v) is 1.81. The maximum Gasteiger partial charge on any atom is 0.491 e. The van der Waals surface area contributed by atoms with Gasteiger partial charge in [-0.05, 0) is 29.8 Å². The van der Waals surface area contributed by atoms with E-state index in [1.54, 1.807) is 6.07 Å². The van der Waals surface area contributed by atoms with Crippen molar-refractivity contribution in [3.8, 4) is 11.8 Å². The molecule has 0 amide bonds. The van der Waals surface area contributed by atoms with Gasteiger partial charge in [-0.25, -0.2) is 9.18 Å². The van der Waals surface area contributed by atoms with E-state index in [2.05, 4.69) is 4.74 Å². The van der Waals surface area contributed by atoms with Gasteiger partial charge in [0.05, 0.1) is 11.6 Å². The highest BCUT2D eigenvalue weighted by atomic mass is 19.4. The summed E-state index contributed by atoms with van der Waals surface area (Å²) in [5.74, 6) is -3.19. The molecule has 0 saturated heterocycles. The van der Waals surface area contributed by atoms with Crippen LogP contribution in [0.25, 0.3) is 11.6 Å². The Morgan fingerprint density at radius 1 is 1.08 bits per heavy atom. The highest BCUT2D eigenvalue weighted by Gasteiger charge is 2.41. The third-order valence-corrected chi connectivity index (χ3v) is 2.92. The van der Waals surface area contributed by atoms with E-state index in [0.29, 0.717) is 5.56 Å². The van der Waals surface area contributed by atoms with E-state index in [0.717, 1.165) is 12.1 Å². The minimum absolute atomic E-state index is 0.0492. The summed E-state index contributed by atoms with van der Waals surface area (Å²) >= 11 is 0. The van der Waals surface area contributed by atoms with Crippen LogP contribution >= 0.6 is 0 Å². The van der Waals surface area contributed by atoms with Crippen molar-refractivity contribution in [2.75, 3.05) is 0 Å². The summed E-state index contributed by atoms with van der Waals surface area (Å²) in [5.41, 5.74) is 0.585. The van der Waals surface area contributed by atoms with E-state index in [4.69, 9.17) is 5.26 Å². The maximum absolute atomic E-state index is 13.7. The largest absolute Gasteiger partial charge is 0.491 e. The van der Waals surface area contributed by atoms with Crippen molar-refractivity contribution >= 4 is 17.6 Å². The molecule has 3 nitrogen and oxygen atoms in total. The number of rotatable bonds is 3. The zero-order valence-electron chi connectivity index (χ0n) is 12.0. The van der Waals surface area contributed by atoms with Gasteiger partial charge in [0.25, 0.3) is 0 Å². The number of allylic oxidation sites excluding steroid dienone is 1. The number of ether oxygens (including phenoxy) is 1. The molecule has 0 aliphatic heterocycles. The van der Waals surface area contributed by atoms with Gasteiger partial charge in [0, 0.05) is 5.56 Å². The Morgan fingerprint density at radius 3 is 2.25 bits per heavy atom. The van der Waals surface area contributed by atoms with Crippen molar-refractivity contribution in [1.82, 2.24) is 0 Å². The van der Waals surface area contributed by atoms with E-state index in [-0.39, 0.29) is 16.9 Å². The average Bonchev–Trinajstić information content (AvgIpc) is 2.54. The van der Waals surface area contributed by atoms with Crippen LogP contribution in [0.15, 0.2) is 48.5 Å². The summed E-state index contributed by atoms with van der Waals surface area (Å²) in [6.45, 7) is 0. The van der Waals surface area contributed by atoms with Gasteiger partial charge >= 0.3 is 12.1 Å². The second-order valence-electron chi connectivity index (χ2n) is 4.61. The molecule has 24 heavy (non-hydrogen) atoms. The van der Waals surface area contributed by atoms with Crippen LogP contribution < -0.4 is 4.74 Å². The van der Waals surface area contributed by atoms with Gasteiger partial charge in [-0.3, -0.25) is 0 Å². The Bertz CT molecular complexity index is 818. The molecule has 0 radical (unpaired) electrons. The highest BCUT2D eigenvalue weighted by Crippen LogP contribution is 2.23. The maximum atomic E-state index is 13.7. The number of nitriles is 1. The number of carbonyl (C=O) groups excluding carboxylic acids is 1. The number of carbonyl (C=O) groups is 1. The van der Waals surface area contributed by atoms with E-state index in [9.17, 15) is 22.4 Å². The average molecular weight is 335 g/mol. The number of alkyl halides is 3. The zero-order chi connectivity index (χ0) is 17.7. The Kier molecular flexibility index (Phi) is 4.99. The van der Waals surface area contributed by atoms with Gasteiger partial charge in [-0.15, -0.1) is 0 Å². The number of esters is 1. The van der Waals surface area contributed by atoms with Gasteiger partial charge in [0.15, 0.2) is 0 Å². The van der Waals surface area contributed by atoms with Gasteiger partial charge in [0.2, 0.25) is 0 Å². The fourth-order valence-electron chi connectivity index (χ4n) is 1.81. The van der Waals surface area contributed by atoms with Crippen LogP contribution in [0.5, 0.6) is 5.75 Å². The number of nitrogens with zero attached hydrogens (tertiary/aromatic N) is 1. The smallest absolute Gasteiger partial charge is 0.420 e.